The van der Waals surface area contributed by atoms with Gasteiger partial charge in [0.15, 0.2) is 5.69 Å². The van der Waals surface area contributed by atoms with E-state index in [9.17, 15) is 9.59 Å². The van der Waals surface area contributed by atoms with Gasteiger partial charge in [-0.25, -0.2) is 9.78 Å². The summed E-state index contributed by atoms with van der Waals surface area (Å²) in [4.78, 5) is 26.5. The van der Waals surface area contributed by atoms with Gasteiger partial charge in [-0.15, -0.1) is 0 Å². The maximum Gasteiger partial charge on any atom is 0.358 e. The van der Waals surface area contributed by atoms with Crippen molar-refractivity contribution in [3.8, 4) is 0 Å². The molecule has 0 aliphatic rings. The second-order valence-electron chi connectivity index (χ2n) is 3.29. The lowest BCUT2D eigenvalue weighted by atomic mass is 10.5. The highest BCUT2D eigenvalue weighted by Gasteiger charge is 2.11. The van der Waals surface area contributed by atoms with E-state index in [-0.39, 0.29) is 25.5 Å². The molecule has 1 aromatic rings. The van der Waals surface area contributed by atoms with Gasteiger partial charge in [-0.2, -0.15) is 0 Å². The van der Waals surface area contributed by atoms with Crippen LogP contribution in [0.25, 0.3) is 0 Å². The van der Waals surface area contributed by atoms with E-state index in [4.69, 9.17) is 9.47 Å². The Balaban J connectivity index is 2.52. The van der Waals surface area contributed by atoms with Crippen LogP contribution in [-0.2, 0) is 20.8 Å². The Hall–Kier alpha value is -2.37. The van der Waals surface area contributed by atoms with Crippen LogP contribution in [0.2, 0.25) is 0 Å². The molecule has 0 unspecified atom stereocenters. The van der Waals surface area contributed by atoms with E-state index < -0.39 is 11.9 Å². The van der Waals surface area contributed by atoms with Crippen molar-refractivity contribution in [1.82, 2.24) is 9.55 Å². The fourth-order valence-electron chi connectivity index (χ4n) is 1.11. The summed E-state index contributed by atoms with van der Waals surface area (Å²) in [6.45, 7) is 7.11. The van der Waals surface area contributed by atoms with E-state index >= 15 is 0 Å². The fourth-order valence-corrected chi connectivity index (χ4v) is 1.11. The molecule has 0 saturated heterocycles. The third-order valence-corrected chi connectivity index (χ3v) is 1.85. The molecule has 1 rings (SSSR count). The Morgan fingerprint density at radius 2 is 1.94 bits per heavy atom. The number of hydrogen-bond acceptors (Lipinski definition) is 5. The van der Waals surface area contributed by atoms with Crippen molar-refractivity contribution in [3.63, 3.8) is 0 Å². The van der Waals surface area contributed by atoms with Gasteiger partial charge in [-0.1, -0.05) is 25.3 Å². The van der Waals surface area contributed by atoms with Gasteiger partial charge >= 0.3 is 11.9 Å². The highest BCUT2D eigenvalue weighted by Crippen LogP contribution is 2.00. The molecular formula is C12H14N2O4. The van der Waals surface area contributed by atoms with Crippen molar-refractivity contribution in [3.05, 3.63) is 43.5 Å². The van der Waals surface area contributed by atoms with Crippen LogP contribution in [0, 0.1) is 0 Å². The second-order valence-corrected chi connectivity index (χ2v) is 3.29. The minimum atomic E-state index is -0.562. The number of aromatic nitrogens is 2. The molecule has 6 heteroatoms. The van der Waals surface area contributed by atoms with Crippen LogP contribution >= 0.6 is 0 Å². The van der Waals surface area contributed by atoms with Crippen molar-refractivity contribution < 1.29 is 19.1 Å². The molecule has 0 radical (unpaired) electrons. The normalized spacial score (nSPS) is 9.56. The minimum Gasteiger partial charge on any atom is -0.460 e. The first-order valence-electron chi connectivity index (χ1n) is 5.23. The van der Waals surface area contributed by atoms with Gasteiger partial charge in [-0.05, 0) is 0 Å². The number of esters is 2. The van der Waals surface area contributed by atoms with Crippen LogP contribution in [0.3, 0.4) is 0 Å². The van der Waals surface area contributed by atoms with Crippen molar-refractivity contribution in [1.29, 1.82) is 0 Å². The molecular weight excluding hydrogens is 236 g/mol. The molecule has 0 atom stereocenters. The van der Waals surface area contributed by atoms with E-state index in [0.717, 1.165) is 0 Å². The number of carbonyl (C=O) groups is 2. The molecule has 96 valence electrons. The lowest BCUT2D eigenvalue weighted by Gasteiger charge is -2.01. The van der Waals surface area contributed by atoms with Crippen LogP contribution in [-0.4, -0.2) is 34.7 Å². The van der Waals surface area contributed by atoms with Crippen molar-refractivity contribution in [2.24, 2.45) is 0 Å². The first kappa shape index (κ1) is 13.7. The molecule has 1 aromatic heterocycles. The molecule has 0 fully saturated rings. The van der Waals surface area contributed by atoms with Crippen molar-refractivity contribution in [2.45, 2.75) is 6.54 Å². The number of ether oxygens (including phenoxy) is 2. The fraction of sp³-hybridized carbons (Fsp3) is 0.250. The second kappa shape index (κ2) is 7.05. The first-order chi connectivity index (χ1) is 8.67. The zero-order valence-electron chi connectivity index (χ0n) is 9.87. The largest absolute Gasteiger partial charge is 0.460 e. The van der Waals surface area contributed by atoms with Gasteiger partial charge in [0, 0.05) is 6.20 Å². The summed E-state index contributed by atoms with van der Waals surface area (Å²) in [5.41, 5.74) is 0.133. The maximum absolute atomic E-state index is 11.4. The summed E-state index contributed by atoms with van der Waals surface area (Å²) in [5.74, 6) is -0.994. The van der Waals surface area contributed by atoms with Crippen LogP contribution in [0.1, 0.15) is 10.5 Å². The monoisotopic (exact) mass is 250 g/mol. The summed E-state index contributed by atoms with van der Waals surface area (Å²) in [7, 11) is 0. The number of nitrogens with zero attached hydrogens (tertiary/aromatic N) is 2. The molecule has 1 heterocycles. The number of rotatable bonds is 7. The average molecular weight is 250 g/mol. The number of hydrogen-bond donors (Lipinski definition) is 0. The van der Waals surface area contributed by atoms with E-state index in [2.05, 4.69) is 18.1 Å². The zero-order valence-corrected chi connectivity index (χ0v) is 9.87. The molecule has 0 saturated carbocycles. The molecule has 0 bridgehead atoms. The van der Waals surface area contributed by atoms with Crippen LogP contribution in [0.5, 0.6) is 0 Å². The lowest BCUT2D eigenvalue weighted by molar-refractivity contribution is -0.143. The van der Waals surface area contributed by atoms with E-state index in [0.29, 0.717) is 0 Å². The van der Waals surface area contributed by atoms with Crippen LogP contribution in [0.4, 0.5) is 0 Å². The third kappa shape index (κ3) is 4.25. The van der Waals surface area contributed by atoms with Gasteiger partial charge in [-0.3, -0.25) is 4.79 Å². The van der Waals surface area contributed by atoms with E-state index in [1.54, 1.807) is 0 Å². The zero-order chi connectivity index (χ0) is 13.4. The smallest absolute Gasteiger partial charge is 0.358 e. The first-order valence-corrected chi connectivity index (χ1v) is 5.23. The predicted molar refractivity (Wildman–Crippen MR) is 63.9 cm³/mol. The predicted octanol–water partition coefficient (Wildman–Crippen LogP) is 0.955. The molecule has 0 aliphatic carbocycles. The topological polar surface area (TPSA) is 70.4 Å². The standard InChI is InChI=1S/C12H14N2O4/c1-3-5-17-11(15)8-14-7-10(13-9-14)12(16)18-6-4-2/h3-4,7,9H,1-2,5-6,8H2. The maximum atomic E-state index is 11.4. The van der Waals surface area contributed by atoms with E-state index in [1.807, 2.05) is 0 Å². The third-order valence-electron chi connectivity index (χ3n) is 1.85. The highest BCUT2D eigenvalue weighted by atomic mass is 16.5. The Kier molecular flexibility index (Phi) is 5.37. The summed E-state index contributed by atoms with van der Waals surface area (Å²) >= 11 is 0. The highest BCUT2D eigenvalue weighted by molar-refractivity contribution is 5.87. The molecule has 6 nitrogen and oxygen atoms in total. The molecule has 0 aromatic carbocycles. The summed E-state index contributed by atoms with van der Waals surface area (Å²) in [5, 5.41) is 0. The minimum absolute atomic E-state index is 0.0183. The summed E-state index contributed by atoms with van der Waals surface area (Å²) in [6.07, 6.45) is 5.71. The van der Waals surface area contributed by atoms with Gasteiger partial charge in [0.1, 0.15) is 19.8 Å². The van der Waals surface area contributed by atoms with Crippen LogP contribution in [0.15, 0.2) is 37.8 Å². The lowest BCUT2D eigenvalue weighted by Crippen LogP contribution is -2.12. The molecule has 0 amide bonds. The SMILES string of the molecule is C=CCOC(=O)Cn1cnc(C(=O)OCC=C)c1. The van der Waals surface area contributed by atoms with Crippen molar-refractivity contribution >= 4 is 11.9 Å². The van der Waals surface area contributed by atoms with Crippen molar-refractivity contribution in [2.75, 3.05) is 13.2 Å². The summed E-state index contributed by atoms with van der Waals surface area (Å²) in [6, 6.07) is 0. The van der Waals surface area contributed by atoms with Crippen LogP contribution < -0.4 is 0 Å². The Morgan fingerprint density at radius 1 is 1.28 bits per heavy atom. The summed E-state index contributed by atoms with van der Waals surface area (Å²) < 4.78 is 11.0. The number of imidazole rings is 1. The average Bonchev–Trinajstić information content (AvgIpc) is 2.82. The number of carbonyl (C=O) groups excluding carboxylic acids is 2. The van der Waals surface area contributed by atoms with E-state index in [1.165, 1.54) is 29.2 Å². The Labute approximate surface area is 105 Å². The molecule has 0 spiro atoms. The van der Waals surface area contributed by atoms with Gasteiger partial charge in [0.25, 0.3) is 0 Å². The molecule has 18 heavy (non-hydrogen) atoms. The van der Waals surface area contributed by atoms with Gasteiger partial charge in [0.2, 0.25) is 0 Å². The Morgan fingerprint density at radius 3 is 2.61 bits per heavy atom. The molecule has 0 N–H and O–H groups in total. The Bertz CT molecular complexity index is 451. The van der Waals surface area contributed by atoms with Gasteiger partial charge < -0.3 is 14.0 Å². The molecule has 0 aliphatic heterocycles. The quantitative estimate of drug-likeness (QED) is 0.532. The van der Waals surface area contributed by atoms with Gasteiger partial charge in [0.05, 0.1) is 6.33 Å².